The van der Waals surface area contributed by atoms with Crippen LogP contribution < -0.4 is 10.9 Å². The number of hydrogen-bond donors (Lipinski definition) is 1. The average molecular weight is 470 g/mol. The molecule has 0 aliphatic heterocycles. The van der Waals surface area contributed by atoms with Crippen molar-refractivity contribution in [3.63, 3.8) is 0 Å². The maximum Gasteiger partial charge on any atom is 0.266 e. The molecular weight excluding hydrogens is 453 g/mol. The molecule has 31 heavy (non-hydrogen) atoms. The number of rotatable bonds is 6. The number of amides is 1. The summed E-state index contributed by atoms with van der Waals surface area (Å²) in [5.74, 6) is -0.0852. The van der Waals surface area contributed by atoms with E-state index in [1.165, 1.54) is 16.3 Å². The predicted molar refractivity (Wildman–Crippen MR) is 126 cm³/mol. The summed E-state index contributed by atoms with van der Waals surface area (Å²) in [6.07, 6.45) is 0. The van der Waals surface area contributed by atoms with Gasteiger partial charge in [0.05, 0.1) is 22.3 Å². The van der Waals surface area contributed by atoms with Crippen LogP contribution in [-0.2, 0) is 11.3 Å². The topological polar surface area (TPSA) is 64.0 Å². The van der Waals surface area contributed by atoms with Crippen molar-refractivity contribution < 1.29 is 4.79 Å². The van der Waals surface area contributed by atoms with E-state index < -0.39 is 0 Å². The number of para-hydroxylation sites is 1. The maximum atomic E-state index is 13.2. The molecule has 0 aliphatic rings. The van der Waals surface area contributed by atoms with E-state index in [1.807, 2.05) is 24.3 Å². The third-order valence-corrected chi connectivity index (χ3v) is 6.16. The molecule has 1 N–H and O–H groups in total. The summed E-state index contributed by atoms with van der Waals surface area (Å²) < 4.78 is 1.50. The summed E-state index contributed by atoms with van der Waals surface area (Å²) in [4.78, 5) is 30.3. The molecule has 0 spiro atoms. The van der Waals surface area contributed by atoms with Gasteiger partial charge in [-0.2, -0.15) is 0 Å². The SMILES string of the molecule is O=C(CSc1nc2ccccc2c(=O)n1-c1ccc(Cl)cc1)NCc1ccccc1Cl. The van der Waals surface area contributed by atoms with E-state index in [2.05, 4.69) is 10.3 Å². The number of carbonyl (C=O) groups excluding carboxylic acids is 1. The van der Waals surface area contributed by atoms with E-state index in [0.29, 0.717) is 38.3 Å². The molecular formula is C23H17Cl2N3O2S. The van der Waals surface area contributed by atoms with Crippen molar-refractivity contribution >= 4 is 51.8 Å². The smallest absolute Gasteiger partial charge is 0.266 e. The summed E-state index contributed by atoms with van der Waals surface area (Å²) in [6.45, 7) is 0.328. The third kappa shape index (κ3) is 4.93. The number of benzene rings is 3. The van der Waals surface area contributed by atoms with Crippen LogP contribution in [0, 0.1) is 0 Å². The standard InChI is InChI=1S/C23H17Cl2N3O2S/c24-16-9-11-17(12-10-16)28-22(30)18-6-2-4-8-20(18)27-23(28)31-14-21(29)26-13-15-5-1-3-7-19(15)25/h1-12H,13-14H2,(H,26,29). The lowest BCUT2D eigenvalue weighted by Gasteiger charge is -2.13. The molecule has 0 unspecified atom stereocenters. The Morgan fingerprint density at radius 1 is 0.968 bits per heavy atom. The zero-order valence-corrected chi connectivity index (χ0v) is 18.5. The van der Waals surface area contributed by atoms with E-state index in [1.54, 1.807) is 48.5 Å². The van der Waals surface area contributed by atoms with Crippen molar-refractivity contribution in [1.29, 1.82) is 0 Å². The first-order chi connectivity index (χ1) is 15.0. The molecule has 8 heteroatoms. The van der Waals surface area contributed by atoms with Crippen LogP contribution >= 0.6 is 35.0 Å². The number of fused-ring (bicyclic) bond motifs is 1. The number of thioether (sulfide) groups is 1. The Balaban J connectivity index is 1.59. The highest BCUT2D eigenvalue weighted by molar-refractivity contribution is 7.99. The Morgan fingerprint density at radius 2 is 1.68 bits per heavy atom. The largest absolute Gasteiger partial charge is 0.351 e. The average Bonchev–Trinajstić information content (AvgIpc) is 2.78. The zero-order chi connectivity index (χ0) is 21.8. The number of nitrogens with one attached hydrogen (secondary N) is 1. The number of aromatic nitrogens is 2. The summed E-state index contributed by atoms with van der Waals surface area (Å²) in [5.41, 5.74) is 1.85. The highest BCUT2D eigenvalue weighted by Crippen LogP contribution is 2.22. The first-order valence-corrected chi connectivity index (χ1v) is 11.2. The quantitative estimate of drug-likeness (QED) is 0.315. The number of nitrogens with zero attached hydrogens (tertiary/aromatic N) is 2. The van der Waals surface area contributed by atoms with Crippen LogP contribution in [-0.4, -0.2) is 21.2 Å². The predicted octanol–water partition coefficient (Wildman–Crippen LogP) is 5.10. The summed E-state index contributed by atoms with van der Waals surface area (Å²) >= 11 is 13.3. The molecule has 3 aromatic carbocycles. The van der Waals surface area contributed by atoms with Crippen LogP contribution in [0.3, 0.4) is 0 Å². The molecule has 1 heterocycles. The van der Waals surface area contributed by atoms with E-state index >= 15 is 0 Å². The molecule has 156 valence electrons. The second kappa shape index (κ2) is 9.56. The van der Waals surface area contributed by atoms with Crippen molar-refractivity contribution in [2.75, 3.05) is 5.75 Å². The van der Waals surface area contributed by atoms with Gasteiger partial charge in [0.1, 0.15) is 0 Å². The Kier molecular flexibility index (Phi) is 6.61. The number of hydrogen-bond acceptors (Lipinski definition) is 4. The van der Waals surface area contributed by atoms with Crippen LogP contribution in [0.1, 0.15) is 5.56 Å². The van der Waals surface area contributed by atoms with Gasteiger partial charge in [0.2, 0.25) is 5.91 Å². The molecule has 5 nitrogen and oxygen atoms in total. The summed E-state index contributed by atoms with van der Waals surface area (Å²) in [5, 5.41) is 4.95. The van der Waals surface area contributed by atoms with Gasteiger partial charge in [-0.3, -0.25) is 14.2 Å². The van der Waals surface area contributed by atoms with Crippen LogP contribution in [0.2, 0.25) is 10.0 Å². The van der Waals surface area contributed by atoms with E-state index in [0.717, 1.165) is 5.56 Å². The Bertz CT molecular complexity index is 1310. The zero-order valence-electron chi connectivity index (χ0n) is 16.2. The fourth-order valence-corrected chi connectivity index (χ4v) is 4.21. The summed E-state index contributed by atoms with van der Waals surface area (Å²) in [7, 11) is 0. The van der Waals surface area contributed by atoms with Gasteiger partial charge in [0, 0.05) is 16.6 Å². The number of carbonyl (C=O) groups is 1. The van der Waals surface area contributed by atoms with Crippen LogP contribution in [0.25, 0.3) is 16.6 Å². The molecule has 0 bridgehead atoms. The van der Waals surface area contributed by atoms with Crippen molar-refractivity contribution in [2.24, 2.45) is 0 Å². The van der Waals surface area contributed by atoms with Gasteiger partial charge < -0.3 is 5.32 Å². The fourth-order valence-electron chi connectivity index (χ4n) is 3.04. The van der Waals surface area contributed by atoms with Gasteiger partial charge in [0.25, 0.3) is 5.56 Å². The molecule has 0 aliphatic carbocycles. The minimum atomic E-state index is -0.202. The first-order valence-electron chi connectivity index (χ1n) is 9.43. The van der Waals surface area contributed by atoms with Gasteiger partial charge in [-0.25, -0.2) is 4.98 Å². The second-order valence-electron chi connectivity index (χ2n) is 6.69. The monoisotopic (exact) mass is 469 g/mol. The van der Waals surface area contributed by atoms with E-state index in [4.69, 9.17) is 23.2 Å². The Hall–Kier alpha value is -2.80. The van der Waals surface area contributed by atoms with Crippen LogP contribution in [0.15, 0.2) is 82.7 Å². The van der Waals surface area contributed by atoms with Gasteiger partial charge in [-0.05, 0) is 48.0 Å². The van der Waals surface area contributed by atoms with Crippen molar-refractivity contribution in [2.45, 2.75) is 11.7 Å². The summed E-state index contributed by atoms with van der Waals surface area (Å²) in [6, 6.07) is 21.4. The normalized spacial score (nSPS) is 10.9. The highest BCUT2D eigenvalue weighted by atomic mass is 35.5. The second-order valence-corrected chi connectivity index (χ2v) is 8.47. The first kappa shape index (κ1) is 21.4. The van der Waals surface area contributed by atoms with Crippen molar-refractivity contribution in [3.8, 4) is 5.69 Å². The van der Waals surface area contributed by atoms with Gasteiger partial charge in [0.15, 0.2) is 5.16 Å². The molecule has 0 saturated heterocycles. The van der Waals surface area contributed by atoms with Crippen LogP contribution in [0.5, 0.6) is 0 Å². The Morgan fingerprint density at radius 3 is 2.45 bits per heavy atom. The molecule has 1 amide bonds. The molecule has 1 aromatic heterocycles. The van der Waals surface area contributed by atoms with Gasteiger partial charge in [-0.1, -0.05) is 65.3 Å². The lowest BCUT2D eigenvalue weighted by Crippen LogP contribution is -2.26. The molecule has 0 saturated carbocycles. The van der Waals surface area contributed by atoms with Gasteiger partial charge in [-0.15, -0.1) is 0 Å². The molecule has 0 fully saturated rings. The minimum Gasteiger partial charge on any atom is -0.351 e. The Labute approximate surface area is 193 Å². The lowest BCUT2D eigenvalue weighted by atomic mass is 10.2. The minimum absolute atomic E-state index is 0.100. The third-order valence-electron chi connectivity index (χ3n) is 4.60. The van der Waals surface area contributed by atoms with E-state index in [9.17, 15) is 9.59 Å². The van der Waals surface area contributed by atoms with Crippen molar-refractivity contribution in [3.05, 3.63) is 98.8 Å². The molecule has 0 radical (unpaired) electrons. The number of halogens is 2. The molecule has 4 rings (SSSR count). The maximum absolute atomic E-state index is 13.2. The van der Waals surface area contributed by atoms with Gasteiger partial charge >= 0.3 is 0 Å². The lowest BCUT2D eigenvalue weighted by molar-refractivity contribution is -0.118. The van der Waals surface area contributed by atoms with Crippen molar-refractivity contribution in [1.82, 2.24) is 14.9 Å². The highest BCUT2D eigenvalue weighted by Gasteiger charge is 2.15. The molecule has 4 aromatic rings. The molecule has 0 atom stereocenters. The fraction of sp³-hybridized carbons (Fsp3) is 0.0870. The van der Waals surface area contributed by atoms with Crippen LogP contribution in [0.4, 0.5) is 0 Å². The van der Waals surface area contributed by atoms with E-state index in [-0.39, 0.29) is 17.2 Å².